The standard InChI is InChI=1S/C14H15FN4O3/c1-21-6-7-22-10-19-17-14(16-18-19)12(9-20)8-11-2-4-13(15)5-3-11/h2-5,8-9H,6-7,10H2,1H3. The summed E-state index contributed by atoms with van der Waals surface area (Å²) in [7, 11) is 1.58. The van der Waals surface area contributed by atoms with Crippen molar-refractivity contribution < 1.29 is 18.7 Å². The van der Waals surface area contributed by atoms with Crippen molar-refractivity contribution in [2.75, 3.05) is 20.3 Å². The van der Waals surface area contributed by atoms with Crippen molar-refractivity contribution in [2.45, 2.75) is 6.73 Å². The Hall–Kier alpha value is -2.45. The summed E-state index contributed by atoms with van der Waals surface area (Å²) in [6, 6.07) is 5.72. The first-order valence-corrected chi connectivity index (χ1v) is 6.50. The molecule has 0 fully saturated rings. The highest BCUT2D eigenvalue weighted by Crippen LogP contribution is 2.12. The highest BCUT2D eigenvalue weighted by molar-refractivity contribution is 6.11. The molecule has 0 aliphatic carbocycles. The SMILES string of the molecule is COCCOCn1nnc(C(C=O)=Cc2ccc(F)cc2)n1. The topological polar surface area (TPSA) is 79.1 Å². The third-order valence-corrected chi connectivity index (χ3v) is 2.67. The van der Waals surface area contributed by atoms with E-state index in [0.717, 1.165) is 0 Å². The van der Waals surface area contributed by atoms with E-state index in [4.69, 9.17) is 9.47 Å². The Morgan fingerprint density at radius 3 is 2.77 bits per heavy atom. The van der Waals surface area contributed by atoms with Crippen LogP contribution < -0.4 is 0 Å². The molecule has 0 amide bonds. The van der Waals surface area contributed by atoms with Crippen molar-refractivity contribution in [3.63, 3.8) is 0 Å². The molecule has 0 bridgehead atoms. The number of allylic oxidation sites excluding steroid dienone is 1. The summed E-state index contributed by atoms with van der Waals surface area (Å²) in [6.45, 7) is 0.976. The van der Waals surface area contributed by atoms with Crippen LogP contribution in [0.5, 0.6) is 0 Å². The lowest BCUT2D eigenvalue weighted by Gasteiger charge is -2.00. The molecule has 7 nitrogen and oxygen atoms in total. The van der Waals surface area contributed by atoms with Gasteiger partial charge in [-0.2, -0.15) is 0 Å². The van der Waals surface area contributed by atoms with Gasteiger partial charge in [-0.1, -0.05) is 12.1 Å². The van der Waals surface area contributed by atoms with Gasteiger partial charge in [-0.05, 0) is 29.0 Å². The highest BCUT2D eigenvalue weighted by atomic mass is 19.1. The minimum Gasteiger partial charge on any atom is -0.382 e. The van der Waals surface area contributed by atoms with E-state index < -0.39 is 0 Å². The molecule has 0 atom stereocenters. The Bertz CT molecular complexity index is 640. The van der Waals surface area contributed by atoms with Crippen molar-refractivity contribution in [2.24, 2.45) is 0 Å². The Kier molecular flexibility index (Phi) is 5.87. The second kappa shape index (κ2) is 8.11. The molecule has 0 N–H and O–H groups in total. The zero-order valence-electron chi connectivity index (χ0n) is 12.0. The Morgan fingerprint density at radius 2 is 2.09 bits per heavy atom. The van der Waals surface area contributed by atoms with Crippen LogP contribution in [0.1, 0.15) is 11.4 Å². The van der Waals surface area contributed by atoms with Crippen molar-refractivity contribution in [1.82, 2.24) is 20.2 Å². The fourth-order valence-electron chi connectivity index (χ4n) is 1.59. The molecule has 8 heteroatoms. The molecule has 0 spiro atoms. The van der Waals surface area contributed by atoms with Crippen LogP contribution in [-0.2, 0) is 21.0 Å². The van der Waals surface area contributed by atoms with E-state index >= 15 is 0 Å². The molecule has 0 saturated heterocycles. The van der Waals surface area contributed by atoms with Crippen LogP contribution in [0.2, 0.25) is 0 Å². The number of nitrogens with zero attached hydrogens (tertiary/aromatic N) is 4. The van der Waals surface area contributed by atoms with Gasteiger partial charge in [0.2, 0.25) is 5.82 Å². The minimum absolute atomic E-state index is 0.110. The first-order chi connectivity index (χ1) is 10.7. The van der Waals surface area contributed by atoms with Crippen LogP contribution in [0.25, 0.3) is 11.6 Å². The number of hydrogen-bond acceptors (Lipinski definition) is 6. The number of halogens is 1. The van der Waals surface area contributed by atoms with Gasteiger partial charge in [0, 0.05) is 7.11 Å². The fraction of sp³-hybridized carbons (Fsp3) is 0.286. The van der Waals surface area contributed by atoms with Gasteiger partial charge in [0.05, 0.1) is 18.8 Å². The molecule has 1 aromatic heterocycles. The summed E-state index contributed by atoms with van der Waals surface area (Å²) in [4.78, 5) is 12.4. The summed E-state index contributed by atoms with van der Waals surface area (Å²) in [5, 5.41) is 11.6. The number of ether oxygens (including phenoxy) is 2. The predicted octanol–water partition coefficient (Wildman–Crippen LogP) is 1.17. The van der Waals surface area contributed by atoms with E-state index in [1.807, 2.05) is 0 Å². The van der Waals surface area contributed by atoms with Crippen LogP contribution in [0.3, 0.4) is 0 Å². The number of carbonyl (C=O) groups excluding carboxylic acids is 1. The van der Waals surface area contributed by atoms with Gasteiger partial charge in [-0.3, -0.25) is 4.79 Å². The molecule has 0 aliphatic rings. The average molecular weight is 306 g/mol. The number of tetrazole rings is 1. The van der Waals surface area contributed by atoms with Gasteiger partial charge < -0.3 is 9.47 Å². The zero-order chi connectivity index (χ0) is 15.8. The van der Waals surface area contributed by atoms with E-state index in [0.29, 0.717) is 25.1 Å². The minimum atomic E-state index is -0.345. The second-order valence-corrected chi connectivity index (χ2v) is 4.28. The average Bonchev–Trinajstić information content (AvgIpc) is 3.00. The Morgan fingerprint density at radius 1 is 1.32 bits per heavy atom. The van der Waals surface area contributed by atoms with E-state index in [1.54, 1.807) is 25.3 Å². The molecule has 2 aromatic rings. The summed E-state index contributed by atoms with van der Waals surface area (Å²) in [5.74, 6) is -0.170. The van der Waals surface area contributed by atoms with Crippen LogP contribution in [0.15, 0.2) is 24.3 Å². The predicted molar refractivity (Wildman–Crippen MR) is 76.0 cm³/mol. The third-order valence-electron chi connectivity index (χ3n) is 2.67. The van der Waals surface area contributed by atoms with Crippen LogP contribution in [0, 0.1) is 5.82 Å². The van der Waals surface area contributed by atoms with Crippen molar-refractivity contribution in [3.8, 4) is 0 Å². The second-order valence-electron chi connectivity index (χ2n) is 4.28. The van der Waals surface area contributed by atoms with Crippen molar-refractivity contribution >= 4 is 17.9 Å². The number of hydrogen-bond donors (Lipinski definition) is 0. The number of benzene rings is 1. The maximum Gasteiger partial charge on any atom is 0.208 e. The molecular weight excluding hydrogens is 291 g/mol. The molecule has 0 aliphatic heterocycles. The lowest BCUT2D eigenvalue weighted by atomic mass is 10.1. The smallest absolute Gasteiger partial charge is 0.208 e. The molecule has 1 aromatic carbocycles. The normalized spacial score (nSPS) is 11.6. The van der Waals surface area contributed by atoms with E-state index in [1.165, 1.54) is 16.9 Å². The quantitative estimate of drug-likeness (QED) is 0.414. The van der Waals surface area contributed by atoms with Gasteiger partial charge in [-0.25, -0.2) is 4.39 Å². The van der Waals surface area contributed by atoms with Crippen molar-refractivity contribution in [1.29, 1.82) is 0 Å². The highest BCUT2D eigenvalue weighted by Gasteiger charge is 2.08. The van der Waals surface area contributed by atoms with E-state index in [-0.39, 0.29) is 23.9 Å². The first-order valence-electron chi connectivity index (χ1n) is 6.50. The monoisotopic (exact) mass is 306 g/mol. The van der Waals surface area contributed by atoms with Gasteiger partial charge in [-0.15, -0.1) is 15.0 Å². The van der Waals surface area contributed by atoms with Crippen LogP contribution in [0.4, 0.5) is 4.39 Å². The fourth-order valence-corrected chi connectivity index (χ4v) is 1.59. The lowest BCUT2D eigenvalue weighted by molar-refractivity contribution is -0.103. The summed E-state index contributed by atoms with van der Waals surface area (Å²) >= 11 is 0. The molecule has 0 unspecified atom stereocenters. The maximum absolute atomic E-state index is 12.9. The number of carbonyl (C=O) groups is 1. The van der Waals surface area contributed by atoms with Gasteiger partial charge in [0.25, 0.3) is 0 Å². The third kappa shape index (κ3) is 4.54. The molecule has 22 heavy (non-hydrogen) atoms. The largest absolute Gasteiger partial charge is 0.382 e. The van der Waals surface area contributed by atoms with Gasteiger partial charge in [0.1, 0.15) is 5.82 Å². The Balaban J connectivity index is 2.06. The van der Waals surface area contributed by atoms with Gasteiger partial charge >= 0.3 is 0 Å². The van der Waals surface area contributed by atoms with E-state index in [2.05, 4.69) is 15.4 Å². The number of rotatable bonds is 8. The number of aromatic nitrogens is 4. The summed E-state index contributed by atoms with van der Waals surface area (Å²) < 4.78 is 22.9. The molecule has 2 rings (SSSR count). The molecule has 0 radical (unpaired) electrons. The molecule has 0 saturated carbocycles. The summed E-state index contributed by atoms with van der Waals surface area (Å²) in [5.41, 5.74) is 0.908. The molecule has 1 heterocycles. The van der Waals surface area contributed by atoms with E-state index in [9.17, 15) is 9.18 Å². The number of aldehydes is 1. The summed E-state index contributed by atoms with van der Waals surface area (Å²) in [6.07, 6.45) is 2.18. The van der Waals surface area contributed by atoms with Crippen molar-refractivity contribution in [3.05, 3.63) is 41.5 Å². The van der Waals surface area contributed by atoms with Crippen LogP contribution in [-0.4, -0.2) is 46.8 Å². The Labute approximate surface area is 126 Å². The van der Waals surface area contributed by atoms with Crippen LogP contribution >= 0.6 is 0 Å². The maximum atomic E-state index is 12.9. The zero-order valence-corrected chi connectivity index (χ0v) is 12.0. The first kappa shape index (κ1) is 15.9. The molecule has 116 valence electrons. The lowest BCUT2D eigenvalue weighted by Crippen LogP contribution is -2.09. The number of methoxy groups -OCH3 is 1. The van der Waals surface area contributed by atoms with Gasteiger partial charge in [0.15, 0.2) is 13.0 Å². The molecular formula is C14H15FN4O3.